The second-order valence-electron chi connectivity index (χ2n) is 5.63. The fourth-order valence-electron chi connectivity index (χ4n) is 2.33. The molecule has 0 saturated heterocycles. The van der Waals surface area contributed by atoms with Crippen LogP contribution < -0.4 is 0 Å². The van der Waals surface area contributed by atoms with Gasteiger partial charge in [0.25, 0.3) is 5.91 Å². The van der Waals surface area contributed by atoms with Crippen LogP contribution >= 0.6 is 0 Å². The molecule has 0 radical (unpaired) electrons. The lowest BCUT2D eigenvalue weighted by atomic mass is 10.1. The van der Waals surface area contributed by atoms with Crippen LogP contribution in [0, 0.1) is 6.92 Å². The molecule has 0 aliphatic carbocycles. The summed E-state index contributed by atoms with van der Waals surface area (Å²) in [7, 11) is 1.67. The maximum Gasteiger partial charge on any atom is 0.292 e. The van der Waals surface area contributed by atoms with Gasteiger partial charge in [0.2, 0.25) is 5.76 Å². The number of aryl methyl sites for hydroxylation is 3. The lowest BCUT2D eigenvalue weighted by molar-refractivity contribution is 0.0740. The van der Waals surface area contributed by atoms with Crippen molar-refractivity contribution in [1.82, 2.24) is 20.4 Å². The van der Waals surface area contributed by atoms with Crippen molar-refractivity contribution >= 4 is 5.91 Å². The van der Waals surface area contributed by atoms with Gasteiger partial charge < -0.3 is 9.42 Å². The van der Waals surface area contributed by atoms with E-state index >= 15 is 0 Å². The highest BCUT2D eigenvalue weighted by atomic mass is 16.6. The molecule has 0 aliphatic rings. The van der Waals surface area contributed by atoms with Gasteiger partial charge in [-0.15, -0.1) is 0 Å². The van der Waals surface area contributed by atoms with E-state index in [-0.39, 0.29) is 11.7 Å². The van der Waals surface area contributed by atoms with Crippen LogP contribution in [0.5, 0.6) is 0 Å². The summed E-state index contributed by atoms with van der Waals surface area (Å²) in [5.74, 6) is -0.0365. The number of rotatable bonds is 6. The molecule has 7 heteroatoms. The van der Waals surface area contributed by atoms with E-state index in [4.69, 9.17) is 4.52 Å². The Bertz CT molecular complexity index is 810. The zero-order valence-corrected chi connectivity index (χ0v) is 13.6. The first kappa shape index (κ1) is 15.9. The molecular formula is C17H18N4O3. The van der Waals surface area contributed by atoms with Gasteiger partial charge in [-0.05, 0) is 25.3 Å². The van der Waals surface area contributed by atoms with E-state index in [1.807, 2.05) is 18.2 Å². The average Bonchev–Trinajstić information content (AvgIpc) is 3.23. The van der Waals surface area contributed by atoms with Crippen LogP contribution in [0.4, 0.5) is 0 Å². The predicted octanol–water partition coefficient (Wildman–Crippen LogP) is 2.42. The first-order chi connectivity index (χ1) is 11.6. The van der Waals surface area contributed by atoms with E-state index < -0.39 is 0 Å². The molecule has 3 rings (SSSR count). The van der Waals surface area contributed by atoms with Crippen LogP contribution in [-0.4, -0.2) is 33.3 Å². The molecule has 0 atom stereocenters. The minimum absolute atomic E-state index is 0.217. The smallest absolute Gasteiger partial charge is 0.292 e. The second-order valence-corrected chi connectivity index (χ2v) is 5.63. The molecule has 2 aromatic heterocycles. The van der Waals surface area contributed by atoms with Crippen molar-refractivity contribution in [1.29, 1.82) is 0 Å². The number of nitrogens with zero attached hydrogens (tertiary/aromatic N) is 4. The molecule has 0 unspecified atom stereocenters. The van der Waals surface area contributed by atoms with Gasteiger partial charge in [-0.25, -0.2) is 4.63 Å². The Kier molecular flexibility index (Phi) is 4.69. The van der Waals surface area contributed by atoms with Crippen LogP contribution in [0.15, 0.2) is 45.6 Å². The highest BCUT2D eigenvalue weighted by molar-refractivity contribution is 5.91. The molecule has 3 aromatic rings. The lowest BCUT2D eigenvalue weighted by Gasteiger charge is -2.13. The molecule has 1 amide bonds. The maximum atomic E-state index is 12.4. The second kappa shape index (κ2) is 7.08. The van der Waals surface area contributed by atoms with Crippen LogP contribution in [0.3, 0.4) is 0 Å². The summed E-state index contributed by atoms with van der Waals surface area (Å²) in [6, 6.07) is 11.8. The first-order valence-electron chi connectivity index (χ1n) is 7.66. The number of hydrogen-bond acceptors (Lipinski definition) is 6. The number of hydrogen-bond donors (Lipinski definition) is 0. The topological polar surface area (TPSA) is 85.3 Å². The fourth-order valence-corrected chi connectivity index (χ4v) is 2.33. The quantitative estimate of drug-likeness (QED) is 0.691. The Labute approximate surface area is 139 Å². The maximum absolute atomic E-state index is 12.4. The Morgan fingerprint density at radius 3 is 2.62 bits per heavy atom. The van der Waals surface area contributed by atoms with Gasteiger partial charge in [0.05, 0.1) is 12.2 Å². The van der Waals surface area contributed by atoms with E-state index in [0.717, 1.165) is 18.5 Å². The Balaban J connectivity index is 1.60. The summed E-state index contributed by atoms with van der Waals surface area (Å²) in [4.78, 5) is 13.9. The number of benzene rings is 1. The van der Waals surface area contributed by atoms with E-state index in [1.165, 1.54) is 10.5 Å². The van der Waals surface area contributed by atoms with Crippen molar-refractivity contribution in [2.45, 2.75) is 26.3 Å². The van der Waals surface area contributed by atoms with Gasteiger partial charge in [0.1, 0.15) is 11.4 Å². The van der Waals surface area contributed by atoms with Gasteiger partial charge in [-0.2, -0.15) is 0 Å². The monoisotopic (exact) mass is 326 g/mol. The molecule has 124 valence electrons. The zero-order chi connectivity index (χ0) is 16.9. The summed E-state index contributed by atoms with van der Waals surface area (Å²) in [5.41, 5.74) is 3.26. The summed E-state index contributed by atoms with van der Waals surface area (Å²) in [6.07, 6.45) is 1.57. The van der Waals surface area contributed by atoms with Gasteiger partial charge in [-0.3, -0.25) is 4.79 Å². The van der Waals surface area contributed by atoms with Crippen LogP contribution in [0.25, 0.3) is 0 Å². The van der Waals surface area contributed by atoms with Crippen LogP contribution in [-0.2, 0) is 19.4 Å². The average molecular weight is 326 g/mol. The predicted molar refractivity (Wildman–Crippen MR) is 85.2 cm³/mol. The molecule has 0 bridgehead atoms. The summed E-state index contributed by atoms with van der Waals surface area (Å²) in [6.45, 7) is 2.08. The molecule has 1 aromatic carbocycles. The van der Waals surface area contributed by atoms with Gasteiger partial charge in [-0.1, -0.05) is 45.8 Å². The van der Waals surface area contributed by atoms with E-state index in [9.17, 15) is 4.79 Å². The molecule has 0 N–H and O–H groups in total. The van der Waals surface area contributed by atoms with Crippen molar-refractivity contribution in [3.05, 3.63) is 64.8 Å². The molecule has 0 aliphatic heterocycles. The molecule has 7 nitrogen and oxygen atoms in total. The third-order valence-corrected chi connectivity index (χ3v) is 3.76. The minimum atomic E-state index is -0.254. The van der Waals surface area contributed by atoms with E-state index in [0.29, 0.717) is 17.9 Å². The molecule has 24 heavy (non-hydrogen) atoms. The van der Waals surface area contributed by atoms with Gasteiger partial charge >= 0.3 is 0 Å². The highest BCUT2D eigenvalue weighted by Gasteiger charge is 2.19. The largest absolute Gasteiger partial charge is 0.351 e. The fraction of sp³-hybridized carbons (Fsp3) is 0.294. The van der Waals surface area contributed by atoms with Crippen molar-refractivity contribution in [2.24, 2.45) is 0 Å². The van der Waals surface area contributed by atoms with Gasteiger partial charge in [0.15, 0.2) is 0 Å². The summed E-state index contributed by atoms with van der Waals surface area (Å²) >= 11 is 0. The number of carbonyl (C=O) groups is 1. The molecule has 0 saturated carbocycles. The Morgan fingerprint density at radius 2 is 1.92 bits per heavy atom. The van der Waals surface area contributed by atoms with Crippen molar-refractivity contribution in [2.75, 3.05) is 7.05 Å². The van der Waals surface area contributed by atoms with E-state index in [1.54, 1.807) is 20.0 Å². The normalized spacial score (nSPS) is 10.8. The van der Waals surface area contributed by atoms with Crippen molar-refractivity contribution in [3.8, 4) is 0 Å². The third-order valence-electron chi connectivity index (χ3n) is 3.76. The summed E-state index contributed by atoms with van der Waals surface area (Å²) < 4.78 is 9.82. The number of aromatic nitrogens is 3. The Morgan fingerprint density at radius 1 is 1.12 bits per heavy atom. The molecule has 2 heterocycles. The standard InChI is InChI=1S/C17H18N4O3/c1-12-15(20-24-18-12)11-21(2)17(22)16-10-14(19-23-16)9-8-13-6-4-3-5-7-13/h3-7,10H,8-9,11H2,1-2H3. The lowest BCUT2D eigenvalue weighted by Crippen LogP contribution is -2.26. The van der Waals surface area contributed by atoms with Crippen LogP contribution in [0.1, 0.15) is 33.2 Å². The Hall–Kier alpha value is -2.96. The number of carbonyl (C=O) groups excluding carboxylic acids is 1. The molecule has 0 spiro atoms. The summed E-state index contributed by atoms with van der Waals surface area (Å²) in [5, 5.41) is 11.5. The first-order valence-corrected chi connectivity index (χ1v) is 7.66. The molecular weight excluding hydrogens is 308 g/mol. The van der Waals surface area contributed by atoms with E-state index in [2.05, 4.69) is 32.2 Å². The van der Waals surface area contributed by atoms with Gasteiger partial charge in [0, 0.05) is 13.1 Å². The van der Waals surface area contributed by atoms with Crippen molar-refractivity contribution < 1.29 is 13.9 Å². The van der Waals surface area contributed by atoms with Crippen molar-refractivity contribution in [3.63, 3.8) is 0 Å². The molecule has 0 fully saturated rings. The third kappa shape index (κ3) is 3.68. The van der Waals surface area contributed by atoms with Crippen LogP contribution in [0.2, 0.25) is 0 Å². The number of amides is 1. The minimum Gasteiger partial charge on any atom is -0.351 e. The highest BCUT2D eigenvalue weighted by Crippen LogP contribution is 2.12. The SMILES string of the molecule is Cc1nonc1CN(C)C(=O)c1cc(CCc2ccccc2)no1. The zero-order valence-electron chi connectivity index (χ0n) is 13.6.